The summed E-state index contributed by atoms with van der Waals surface area (Å²) in [5.74, 6) is -7.87. The van der Waals surface area contributed by atoms with E-state index in [1.165, 1.54) is 11.1 Å². The van der Waals surface area contributed by atoms with Crippen LogP contribution in [-0.2, 0) is 64.0 Å². The number of benzene rings is 1. The molecule has 0 spiro atoms. The highest BCUT2D eigenvalue weighted by Gasteiger charge is 2.39. The number of nitrogens with zero attached hydrogens (tertiary/aromatic N) is 2. The molecule has 0 saturated carbocycles. The van der Waals surface area contributed by atoms with Crippen LogP contribution in [0.15, 0.2) is 48.7 Å². The lowest BCUT2D eigenvalue weighted by Crippen LogP contribution is -2.59. The number of amides is 9. The summed E-state index contributed by atoms with van der Waals surface area (Å²) >= 11 is 0. The van der Waals surface area contributed by atoms with Crippen molar-refractivity contribution in [1.29, 1.82) is 0 Å². The van der Waals surface area contributed by atoms with Gasteiger partial charge >= 0.3 is 30.1 Å². The summed E-state index contributed by atoms with van der Waals surface area (Å²) in [6.45, 7) is 7.34. The molecule has 33 heteroatoms. The Bertz CT molecular complexity index is 2760. The van der Waals surface area contributed by atoms with Gasteiger partial charge in [0.15, 0.2) is 0 Å². The Morgan fingerprint density at radius 2 is 1.14 bits per heavy atom. The first-order valence-electron chi connectivity index (χ1n) is 29.7. The Hall–Kier alpha value is -9.01. The molecule has 2 heterocycles. The minimum atomic E-state index is -5.08. The summed E-state index contributed by atoms with van der Waals surface area (Å²) < 4.78 is 31.7. The first-order valence-corrected chi connectivity index (χ1v) is 29.7. The van der Waals surface area contributed by atoms with Crippen molar-refractivity contribution in [2.75, 3.05) is 31.6 Å². The third-order valence-corrected chi connectivity index (χ3v) is 13.8. The van der Waals surface area contributed by atoms with E-state index >= 15 is 0 Å². The number of halogens is 3. The molecule has 30 nitrogen and oxygen atoms in total. The summed E-state index contributed by atoms with van der Waals surface area (Å²) in [7, 11) is 0. The van der Waals surface area contributed by atoms with Gasteiger partial charge < -0.3 is 79.0 Å². The molecule has 1 aliphatic rings. The zero-order chi connectivity index (χ0) is 68.4. The summed E-state index contributed by atoms with van der Waals surface area (Å²) in [5.41, 5.74) is 9.39. The molecule has 1 fully saturated rings. The molecule has 506 valence electrons. The number of aromatic nitrogens is 1. The largest absolute Gasteiger partial charge is 0.490 e. The number of hydrazine groups is 1. The number of alkyl halides is 3. The fourth-order valence-electron chi connectivity index (χ4n) is 9.15. The molecule has 1 aliphatic heterocycles. The predicted octanol–water partition coefficient (Wildman–Crippen LogP) is 0.585. The lowest BCUT2D eigenvalue weighted by Gasteiger charge is -2.28. The number of unbranched alkanes of at least 4 members (excludes halogenated alkanes) is 2. The van der Waals surface area contributed by atoms with Gasteiger partial charge in [-0.05, 0) is 113 Å². The van der Waals surface area contributed by atoms with Gasteiger partial charge in [-0.1, -0.05) is 64.4 Å². The number of carbonyl (C=O) groups excluding carboxylic acids is 9. The smallest absolute Gasteiger partial charge is 0.481 e. The first-order chi connectivity index (χ1) is 42.9. The second-order valence-electron chi connectivity index (χ2n) is 22.3. The molecule has 91 heavy (non-hydrogen) atoms. The molecular formula is C58H86F3N13O17. The zero-order valence-electron chi connectivity index (χ0n) is 51.2. The van der Waals surface area contributed by atoms with Crippen LogP contribution in [0.4, 0.5) is 19.0 Å². The molecule has 0 bridgehead atoms. The van der Waals surface area contributed by atoms with E-state index in [0.29, 0.717) is 56.6 Å². The van der Waals surface area contributed by atoms with Gasteiger partial charge in [-0.3, -0.25) is 52.7 Å². The van der Waals surface area contributed by atoms with E-state index in [1.807, 2.05) is 26.0 Å². The maximum Gasteiger partial charge on any atom is 0.490 e. The Balaban J connectivity index is 0.00000379. The van der Waals surface area contributed by atoms with Gasteiger partial charge in [0.25, 0.3) is 5.91 Å². The molecule has 2 aromatic rings. The van der Waals surface area contributed by atoms with E-state index in [0.717, 1.165) is 5.56 Å². The van der Waals surface area contributed by atoms with Crippen LogP contribution < -0.4 is 59.5 Å². The van der Waals surface area contributed by atoms with Gasteiger partial charge in [-0.2, -0.15) is 13.2 Å². The highest BCUT2D eigenvalue weighted by atomic mass is 19.4. The second kappa shape index (κ2) is 40.6. The minimum absolute atomic E-state index is 0.0148. The highest BCUT2D eigenvalue weighted by Crippen LogP contribution is 2.21. The number of likely N-dealkylation sites (tertiary alicyclic amines) is 1. The molecule has 1 aromatic carbocycles. The van der Waals surface area contributed by atoms with E-state index in [9.17, 15) is 80.9 Å². The van der Waals surface area contributed by atoms with Crippen molar-refractivity contribution >= 4 is 82.9 Å². The number of nitrogens with one attached hydrogen (secondary N) is 9. The zero-order valence-corrected chi connectivity index (χ0v) is 51.2. The van der Waals surface area contributed by atoms with Crippen molar-refractivity contribution < 1.29 is 95.9 Å². The number of hydrogen-bond acceptors (Lipinski definition) is 17. The number of hydrogen-bond donors (Lipinski definition) is 15. The van der Waals surface area contributed by atoms with Crippen LogP contribution in [-0.4, -0.2) is 182 Å². The van der Waals surface area contributed by atoms with Crippen LogP contribution in [0, 0.1) is 11.8 Å². The lowest BCUT2D eigenvalue weighted by atomic mass is 10.0. The number of carbonyl (C=O) groups is 13. The molecule has 0 radical (unpaired) electrons. The van der Waals surface area contributed by atoms with Gasteiger partial charge in [0.1, 0.15) is 48.1 Å². The highest BCUT2D eigenvalue weighted by molar-refractivity contribution is 5.98. The maximum atomic E-state index is 14.2. The maximum absolute atomic E-state index is 14.2. The van der Waals surface area contributed by atoms with E-state index in [-0.39, 0.29) is 75.1 Å². The van der Waals surface area contributed by atoms with Crippen molar-refractivity contribution in [3.8, 4) is 0 Å². The van der Waals surface area contributed by atoms with Crippen molar-refractivity contribution in [3.63, 3.8) is 0 Å². The van der Waals surface area contributed by atoms with Crippen molar-refractivity contribution in [2.24, 2.45) is 23.4 Å². The fourth-order valence-corrected chi connectivity index (χ4v) is 9.15. The van der Waals surface area contributed by atoms with E-state index < -0.39 is 146 Å². The Morgan fingerprint density at radius 3 is 1.66 bits per heavy atom. The standard InChI is InChI=1S/C56H85N13O15.C2HF3O2/c1-33(2)29-41(67-55(82)43-16-12-28-69(43)46(71)17-9-6-10-27-59-49(76)36-19-23-44(68-58)60-31-36)50(77)61-32-45(70)62-38(20-18-35-13-7-5-8-14-35)52(79)63-37(15-11-26-57)51(78)66-42(30-34(3)4)54(81)64-39(21-24-47(72)73)53(80)65-40(56(83)84)22-25-48(74)75;3-2(4,5)1(6)7/h5,7-8,13-14,19,23,31,33-34,37-43H,6,9-12,15-18,20-22,24-30,32,57-58H2,1-4H3,(H,59,76)(H,60,68)(H,61,77)(H,62,70)(H,63,79)(H,64,81)(H,65,80)(H,66,78)(H,67,82)(H,72,73)(H,74,75)(H,83,84);(H,6,7)/t37-,38-,39-,40-,41-,42-,43-;/m0./s1. The number of nitrogens with two attached hydrogens (primary N) is 2. The van der Waals surface area contributed by atoms with Crippen LogP contribution in [0.5, 0.6) is 0 Å². The first kappa shape index (κ1) is 78.1. The average molecular weight is 1290 g/mol. The fraction of sp³-hybridized carbons (Fsp3) is 0.586. The van der Waals surface area contributed by atoms with Gasteiger partial charge in [-0.15, -0.1) is 0 Å². The number of carboxylic acid groups (broad SMARTS) is 4. The van der Waals surface area contributed by atoms with Gasteiger partial charge in [0.2, 0.25) is 47.3 Å². The molecule has 1 saturated heterocycles. The number of aryl methyl sites for hydroxylation is 1. The number of rotatable bonds is 39. The monoisotopic (exact) mass is 1290 g/mol. The van der Waals surface area contributed by atoms with E-state index in [4.69, 9.17) is 26.6 Å². The third-order valence-electron chi connectivity index (χ3n) is 13.8. The van der Waals surface area contributed by atoms with Crippen LogP contribution in [0.3, 0.4) is 0 Å². The normalized spacial score (nSPS) is 14.7. The number of nitrogen functional groups attached to an aromatic ring is 1. The van der Waals surface area contributed by atoms with Crippen LogP contribution in [0.2, 0.25) is 0 Å². The summed E-state index contributed by atoms with van der Waals surface area (Å²) in [6, 6.07) is 2.87. The number of anilines is 1. The molecule has 9 amide bonds. The van der Waals surface area contributed by atoms with E-state index in [1.54, 1.807) is 44.2 Å². The minimum Gasteiger partial charge on any atom is -0.481 e. The van der Waals surface area contributed by atoms with Crippen molar-refractivity contribution in [3.05, 3.63) is 59.8 Å². The SMILES string of the molecule is CC(C)C[C@H](NC(=O)[C@H](CCCN)NC(=O)[C@H](CCc1ccccc1)NC(=O)CNC(=O)[C@H](CC(C)C)NC(=O)[C@@H]1CCCN1C(=O)CCCCCNC(=O)c1ccc(NN)nc1)C(=O)N[C@@H](CCC(=O)O)C(=O)N[C@@H](CCC(=O)O)C(=O)O.O=C(O)C(F)(F)F. The molecule has 17 N–H and O–H groups in total. The molecule has 1 aromatic heterocycles. The van der Waals surface area contributed by atoms with E-state index in [2.05, 4.69) is 52.9 Å². The molecule has 0 unspecified atom stereocenters. The van der Waals surface area contributed by atoms with Crippen molar-refractivity contribution in [2.45, 2.75) is 179 Å². The van der Waals surface area contributed by atoms with Crippen LogP contribution in [0.25, 0.3) is 0 Å². The quantitative estimate of drug-likeness (QED) is 0.0247. The van der Waals surface area contributed by atoms with Gasteiger partial charge in [-0.25, -0.2) is 20.4 Å². The van der Waals surface area contributed by atoms with Gasteiger partial charge in [0.05, 0.1) is 12.1 Å². The number of carboxylic acids is 4. The van der Waals surface area contributed by atoms with Crippen LogP contribution >= 0.6 is 0 Å². The molecular weight excluding hydrogens is 1210 g/mol. The molecule has 7 atom stereocenters. The Kier molecular flexibility index (Phi) is 34.8. The number of pyridine rings is 1. The Morgan fingerprint density at radius 1 is 0.615 bits per heavy atom. The summed E-state index contributed by atoms with van der Waals surface area (Å²) in [4.78, 5) is 172. The van der Waals surface area contributed by atoms with Gasteiger partial charge in [0, 0.05) is 38.5 Å². The summed E-state index contributed by atoms with van der Waals surface area (Å²) in [6.07, 6.45) is -2.49. The molecule has 0 aliphatic carbocycles. The second-order valence-corrected chi connectivity index (χ2v) is 22.3. The average Bonchev–Trinajstić information content (AvgIpc) is 2.03. The Labute approximate surface area is 523 Å². The lowest BCUT2D eigenvalue weighted by molar-refractivity contribution is -0.192. The topological polar surface area (TPSA) is 479 Å². The van der Waals surface area contributed by atoms with Crippen LogP contribution in [0.1, 0.15) is 140 Å². The third kappa shape index (κ3) is 30.8. The summed E-state index contributed by atoms with van der Waals surface area (Å²) in [5, 5.41) is 55.8. The predicted molar refractivity (Wildman–Crippen MR) is 319 cm³/mol. The molecule has 3 rings (SSSR count). The number of aliphatic carboxylic acids is 4. The van der Waals surface area contributed by atoms with Crippen molar-refractivity contribution in [1.82, 2.24) is 52.4 Å².